The first-order valence-corrected chi connectivity index (χ1v) is 6.60. The van der Waals surface area contributed by atoms with E-state index < -0.39 is 35.3 Å². The Morgan fingerprint density at radius 2 is 1.86 bits per heavy atom. The van der Waals surface area contributed by atoms with E-state index in [4.69, 9.17) is 0 Å². The van der Waals surface area contributed by atoms with Gasteiger partial charge in [0.15, 0.2) is 17.5 Å². The van der Waals surface area contributed by atoms with Gasteiger partial charge in [-0.15, -0.1) is 0 Å². The van der Waals surface area contributed by atoms with E-state index in [1.165, 1.54) is 0 Å². The van der Waals surface area contributed by atoms with Crippen molar-refractivity contribution in [3.8, 4) is 0 Å². The number of hydrogen-bond acceptors (Lipinski definition) is 2. The van der Waals surface area contributed by atoms with Crippen molar-refractivity contribution in [2.45, 2.75) is 26.3 Å². The number of amides is 2. The average molecular weight is 300 g/mol. The second-order valence-electron chi connectivity index (χ2n) is 5.08. The largest absolute Gasteiger partial charge is 0.342 e. The molecule has 1 aromatic rings. The van der Waals surface area contributed by atoms with Crippen LogP contribution in [0.15, 0.2) is 12.1 Å². The first kappa shape index (κ1) is 15.3. The van der Waals surface area contributed by atoms with E-state index in [0.29, 0.717) is 18.6 Å². The molecule has 1 saturated heterocycles. The minimum atomic E-state index is -1.61. The summed E-state index contributed by atoms with van der Waals surface area (Å²) in [5.74, 6) is -5.42. The number of hydrogen-bond donors (Lipinski definition) is 1. The number of nitrogens with zero attached hydrogens (tertiary/aromatic N) is 1. The van der Waals surface area contributed by atoms with Gasteiger partial charge >= 0.3 is 0 Å². The molecule has 0 aromatic heterocycles. The number of anilines is 1. The van der Waals surface area contributed by atoms with Gasteiger partial charge in [-0.05, 0) is 5.92 Å². The number of piperazine rings is 1. The van der Waals surface area contributed by atoms with Gasteiger partial charge in [0.05, 0.1) is 5.69 Å². The van der Waals surface area contributed by atoms with E-state index in [-0.39, 0.29) is 18.2 Å². The van der Waals surface area contributed by atoms with Gasteiger partial charge < -0.3 is 10.2 Å². The number of carbonyl (C=O) groups is 2. The van der Waals surface area contributed by atoms with Crippen LogP contribution in [0.4, 0.5) is 18.9 Å². The molecule has 0 saturated carbocycles. The fraction of sp³-hybridized carbons (Fsp3) is 0.429. The molecule has 114 valence electrons. The Bertz CT molecular complexity index is 569. The van der Waals surface area contributed by atoms with Crippen molar-refractivity contribution in [3.05, 3.63) is 29.6 Å². The second-order valence-corrected chi connectivity index (χ2v) is 5.08. The molecule has 4 nitrogen and oxygen atoms in total. The van der Waals surface area contributed by atoms with Crippen molar-refractivity contribution >= 4 is 17.5 Å². The Hall–Kier alpha value is -2.05. The van der Waals surface area contributed by atoms with Crippen molar-refractivity contribution in [2.24, 2.45) is 5.92 Å². The molecular formula is C14H15F3N2O2. The molecule has 0 aliphatic carbocycles. The lowest BCUT2D eigenvalue weighted by Crippen LogP contribution is -2.60. The van der Waals surface area contributed by atoms with E-state index >= 15 is 0 Å². The van der Waals surface area contributed by atoms with Gasteiger partial charge in [-0.2, -0.15) is 0 Å². The Kier molecular flexibility index (Phi) is 4.20. The number of halogens is 3. The van der Waals surface area contributed by atoms with Crippen molar-refractivity contribution < 1.29 is 22.8 Å². The minimum Gasteiger partial charge on any atom is -0.342 e. The van der Waals surface area contributed by atoms with Crippen LogP contribution in [0.2, 0.25) is 0 Å². The molecule has 2 unspecified atom stereocenters. The first-order valence-electron chi connectivity index (χ1n) is 6.60. The maximum Gasteiger partial charge on any atom is 0.250 e. The zero-order chi connectivity index (χ0) is 15.7. The Morgan fingerprint density at radius 1 is 1.29 bits per heavy atom. The van der Waals surface area contributed by atoms with Gasteiger partial charge in [0.25, 0.3) is 0 Å². The second kappa shape index (κ2) is 5.75. The highest BCUT2D eigenvalue weighted by Gasteiger charge is 2.36. The number of rotatable bonds is 3. The van der Waals surface area contributed by atoms with Gasteiger partial charge in [-0.1, -0.05) is 20.3 Å². The van der Waals surface area contributed by atoms with E-state index in [0.717, 1.165) is 4.90 Å². The molecule has 2 rings (SSSR count). The third-order valence-electron chi connectivity index (χ3n) is 3.64. The van der Waals surface area contributed by atoms with E-state index in [9.17, 15) is 22.8 Å². The molecular weight excluding hydrogens is 285 g/mol. The smallest absolute Gasteiger partial charge is 0.250 e. The molecule has 1 heterocycles. The fourth-order valence-electron chi connectivity index (χ4n) is 2.21. The van der Waals surface area contributed by atoms with Gasteiger partial charge in [-0.3, -0.25) is 9.59 Å². The summed E-state index contributed by atoms with van der Waals surface area (Å²) in [5.41, 5.74) is -0.167. The molecule has 2 atom stereocenters. The zero-order valence-electron chi connectivity index (χ0n) is 11.6. The Morgan fingerprint density at radius 3 is 2.38 bits per heavy atom. The molecule has 1 aliphatic rings. The zero-order valence-corrected chi connectivity index (χ0v) is 11.6. The van der Waals surface area contributed by atoms with Crippen LogP contribution < -0.4 is 10.2 Å². The number of carbonyl (C=O) groups excluding carboxylic acids is 2. The van der Waals surface area contributed by atoms with Crippen LogP contribution in [0.1, 0.15) is 20.3 Å². The normalized spacial score (nSPS) is 20.4. The summed E-state index contributed by atoms with van der Waals surface area (Å²) in [5, 5.41) is 2.57. The first-order chi connectivity index (χ1) is 9.85. The van der Waals surface area contributed by atoms with E-state index in [1.807, 2.05) is 6.92 Å². The molecule has 7 heteroatoms. The highest BCUT2D eigenvalue weighted by atomic mass is 19.2. The van der Waals surface area contributed by atoms with Crippen molar-refractivity contribution in [2.75, 3.05) is 11.4 Å². The summed E-state index contributed by atoms with van der Waals surface area (Å²) in [4.78, 5) is 25.0. The summed E-state index contributed by atoms with van der Waals surface area (Å²) in [6.07, 6.45) is 0.649. The lowest BCUT2D eigenvalue weighted by Gasteiger charge is -2.35. The maximum atomic E-state index is 13.3. The SMILES string of the molecule is CCC(C)C1NC(=O)CN(c2cc(F)c(F)c(F)c2)C1=O. The topological polar surface area (TPSA) is 49.4 Å². The lowest BCUT2D eigenvalue weighted by molar-refractivity contribution is -0.132. The summed E-state index contributed by atoms with van der Waals surface area (Å²) < 4.78 is 39.6. The highest BCUT2D eigenvalue weighted by Crippen LogP contribution is 2.24. The van der Waals surface area contributed by atoms with Crippen molar-refractivity contribution in [1.29, 1.82) is 0 Å². The van der Waals surface area contributed by atoms with Crippen LogP contribution in [0.5, 0.6) is 0 Å². The van der Waals surface area contributed by atoms with Crippen LogP contribution in [-0.4, -0.2) is 24.4 Å². The van der Waals surface area contributed by atoms with Gasteiger partial charge in [0.2, 0.25) is 11.8 Å². The molecule has 21 heavy (non-hydrogen) atoms. The quantitative estimate of drug-likeness (QED) is 0.868. The van der Waals surface area contributed by atoms with Crippen LogP contribution in [-0.2, 0) is 9.59 Å². The van der Waals surface area contributed by atoms with Gasteiger partial charge in [-0.25, -0.2) is 13.2 Å². The summed E-state index contributed by atoms with van der Waals surface area (Å²) >= 11 is 0. The molecule has 0 bridgehead atoms. The molecule has 1 aromatic carbocycles. The monoisotopic (exact) mass is 300 g/mol. The average Bonchev–Trinajstić information content (AvgIpc) is 2.45. The predicted molar refractivity (Wildman–Crippen MR) is 70.1 cm³/mol. The Labute approximate surface area is 119 Å². The Balaban J connectivity index is 2.38. The molecule has 0 spiro atoms. The minimum absolute atomic E-state index is 0.126. The molecule has 1 aliphatic heterocycles. The summed E-state index contributed by atoms with van der Waals surface area (Å²) in [6, 6.07) is 0.665. The molecule has 0 radical (unpaired) electrons. The number of benzene rings is 1. The standard InChI is InChI=1S/C14H15F3N2O2/c1-3-7(2)13-14(21)19(6-11(20)18-13)8-4-9(15)12(17)10(16)5-8/h4-5,7,13H,3,6H2,1-2H3,(H,18,20). The van der Waals surface area contributed by atoms with Crippen LogP contribution in [0.25, 0.3) is 0 Å². The predicted octanol–water partition coefficient (Wildman–Crippen LogP) is 1.98. The lowest BCUT2D eigenvalue weighted by atomic mass is 9.96. The van der Waals surface area contributed by atoms with Gasteiger partial charge in [0, 0.05) is 12.1 Å². The molecule has 2 amide bonds. The third-order valence-corrected chi connectivity index (χ3v) is 3.64. The van der Waals surface area contributed by atoms with E-state index in [2.05, 4.69) is 5.32 Å². The molecule has 1 N–H and O–H groups in total. The van der Waals surface area contributed by atoms with Crippen molar-refractivity contribution in [3.63, 3.8) is 0 Å². The summed E-state index contributed by atoms with van der Waals surface area (Å²) in [6.45, 7) is 3.30. The van der Waals surface area contributed by atoms with Gasteiger partial charge in [0.1, 0.15) is 12.6 Å². The van der Waals surface area contributed by atoms with E-state index in [1.54, 1.807) is 6.92 Å². The fourth-order valence-corrected chi connectivity index (χ4v) is 2.21. The number of nitrogens with one attached hydrogen (secondary N) is 1. The molecule has 1 fully saturated rings. The van der Waals surface area contributed by atoms with Crippen LogP contribution >= 0.6 is 0 Å². The maximum absolute atomic E-state index is 13.3. The summed E-state index contributed by atoms with van der Waals surface area (Å²) in [7, 11) is 0. The van der Waals surface area contributed by atoms with Crippen LogP contribution in [0, 0.1) is 23.4 Å². The highest BCUT2D eigenvalue weighted by molar-refractivity contribution is 6.06. The third kappa shape index (κ3) is 2.86. The van der Waals surface area contributed by atoms with Crippen LogP contribution in [0.3, 0.4) is 0 Å². The van der Waals surface area contributed by atoms with Crippen molar-refractivity contribution in [1.82, 2.24) is 5.32 Å².